The largest absolute Gasteiger partial charge is 0.367 e. The number of hydrogen-bond acceptors (Lipinski definition) is 3. The summed E-state index contributed by atoms with van der Waals surface area (Å²) in [4.78, 5) is 14.0. The van der Waals surface area contributed by atoms with Gasteiger partial charge in [-0.2, -0.15) is 0 Å². The van der Waals surface area contributed by atoms with Gasteiger partial charge in [-0.1, -0.05) is 32.8 Å². The average molecular weight is 378 g/mol. The molecule has 26 heavy (non-hydrogen) atoms. The lowest BCUT2D eigenvalue weighted by Crippen LogP contribution is -2.27. The van der Waals surface area contributed by atoms with Crippen LogP contribution in [-0.4, -0.2) is 19.4 Å². The van der Waals surface area contributed by atoms with E-state index in [9.17, 15) is 13.6 Å². The number of nitrogens with zero attached hydrogens (tertiary/aromatic N) is 1. The van der Waals surface area contributed by atoms with E-state index in [0.717, 1.165) is 36.8 Å². The molecule has 1 aromatic carbocycles. The maximum Gasteiger partial charge on any atom is 0.160 e. The summed E-state index contributed by atoms with van der Waals surface area (Å²) in [6, 6.07) is 6.27. The fourth-order valence-electron chi connectivity index (χ4n) is 2.72. The number of anilines is 1. The fraction of sp³-hybridized carbons (Fsp3) is 0.381. The fourth-order valence-corrected chi connectivity index (χ4v) is 3.44. The number of carbonyl (C=O) groups is 1. The van der Waals surface area contributed by atoms with E-state index in [0.29, 0.717) is 23.5 Å². The van der Waals surface area contributed by atoms with Gasteiger partial charge in [0.15, 0.2) is 6.29 Å². The number of rotatable bonds is 10. The molecule has 0 saturated heterocycles. The lowest BCUT2D eigenvalue weighted by Gasteiger charge is -2.25. The van der Waals surface area contributed by atoms with Crippen LogP contribution in [0.3, 0.4) is 0 Å². The lowest BCUT2D eigenvalue weighted by molar-refractivity contribution is 0.112. The van der Waals surface area contributed by atoms with Gasteiger partial charge in [0.05, 0.1) is 4.88 Å². The van der Waals surface area contributed by atoms with Gasteiger partial charge in [-0.05, 0) is 48.7 Å². The summed E-state index contributed by atoms with van der Waals surface area (Å²) in [6.07, 6.45) is 7.99. The third-order valence-corrected chi connectivity index (χ3v) is 5.10. The summed E-state index contributed by atoms with van der Waals surface area (Å²) < 4.78 is 29.3. The number of hydrogen-bond donors (Lipinski definition) is 0. The molecule has 2 rings (SSSR count). The van der Waals surface area contributed by atoms with Crippen LogP contribution in [0.2, 0.25) is 0 Å². The van der Waals surface area contributed by atoms with Crippen LogP contribution in [0.1, 0.15) is 59.6 Å². The predicted octanol–water partition coefficient (Wildman–Crippen LogP) is 6.42. The molecule has 2 aromatic rings. The molecule has 0 N–H and O–H groups in total. The Hall–Kier alpha value is -2.01. The van der Waals surface area contributed by atoms with Crippen LogP contribution in [0.5, 0.6) is 0 Å². The third kappa shape index (κ3) is 5.49. The number of thiophene rings is 1. The highest BCUT2D eigenvalue weighted by molar-refractivity contribution is 7.14. The standard InChI is InChI=1S/C21H25F2NOS/c1-3-5-11-24(12-6-4-2)21-19(22)13-16(14-20(21)23)7-8-17-9-10-18(15-25)26-17/h7-10,13-15H,3-6,11-12H2,1-2H3. The van der Waals surface area contributed by atoms with Gasteiger partial charge < -0.3 is 4.90 Å². The predicted molar refractivity (Wildman–Crippen MR) is 107 cm³/mol. The van der Waals surface area contributed by atoms with Crippen molar-refractivity contribution in [3.8, 4) is 0 Å². The van der Waals surface area contributed by atoms with Crippen molar-refractivity contribution in [3.05, 3.63) is 51.2 Å². The van der Waals surface area contributed by atoms with Crippen molar-refractivity contribution < 1.29 is 13.6 Å². The molecule has 0 aliphatic carbocycles. The Balaban J connectivity index is 2.23. The Labute approximate surface area is 158 Å². The van der Waals surface area contributed by atoms with Crippen molar-refractivity contribution in [2.45, 2.75) is 39.5 Å². The molecule has 1 heterocycles. The summed E-state index contributed by atoms with van der Waals surface area (Å²) in [7, 11) is 0. The lowest BCUT2D eigenvalue weighted by atomic mass is 10.1. The molecule has 140 valence electrons. The second-order valence-electron chi connectivity index (χ2n) is 6.22. The molecule has 0 radical (unpaired) electrons. The van der Waals surface area contributed by atoms with Crippen molar-refractivity contribution >= 4 is 35.5 Å². The zero-order chi connectivity index (χ0) is 18.9. The Morgan fingerprint density at radius 3 is 2.04 bits per heavy atom. The van der Waals surface area contributed by atoms with E-state index in [1.807, 2.05) is 11.0 Å². The van der Waals surface area contributed by atoms with Crippen LogP contribution >= 0.6 is 11.3 Å². The van der Waals surface area contributed by atoms with Crippen LogP contribution in [0.4, 0.5) is 14.5 Å². The highest BCUT2D eigenvalue weighted by atomic mass is 32.1. The van der Waals surface area contributed by atoms with Gasteiger partial charge in [0.25, 0.3) is 0 Å². The monoisotopic (exact) mass is 377 g/mol. The molecular formula is C21H25F2NOS. The Morgan fingerprint density at radius 1 is 0.962 bits per heavy atom. The first-order valence-corrected chi connectivity index (χ1v) is 9.87. The molecule has 0 atom stereocenters. The summed E-state index contributed by atoms with van der Waals surface area (Å²) in [6.45, 7) is 5.45. The van der Waals surface area contributed by atoms with Crippen LogP contribution in [-0.2, 0) is 0 Å². The minimum atomic E-state index is -0.531. The van der Waals surface area contributed by atoms with Crippen molar-refractivity contribution in [1.82, 2.24) is 0 Å². The molecule has 0 saturated carbocycles. The minimum Gasteiger partial charge on any atom is -0.367 e. The summed E-state index contributed by atoms with van der Waals surface area (Å²) in [5.74, 6) is -1.06. The summed E-state index contributed by atoms with van der Waals surface area (Å²) >= 11 is 1.34. The molecular weight excluding hydrogens is 352 g/mol. The zero-order valence-electron chi connectivity index (χ0n) is 15.3. The smallest absolute Gasteiger partial charge is 0.160 e. The molecule has 0 fully saturated rings. The molecule has 0 unspecified atom stereocenters. The van der Waals surface area contributed by atoms with Crippen LogP contribution in [0, 0.1) is 11.6 Å². The zero-order valence-corrected chi connectivity index (χ0v) is 16.1. The van der Waals surface area contributed by atoms with E-state index in [-0.39, 0.29) is 5.69 Å². The first kappa shape index (κ1) is 20.3. The van der Waals surface area contributed by atoms with Crippen molar-refractivity contribution in [3.63, 3.8) is 0 Å². The van der Waals surface area contributed by atoms with E-state index in [1.54, 1.807) is 18.2 Å². The van der Waals surface area contributed by atoms with Crippen LogP contribution in [0.25, 0.3) is 12.2 Å². The van der Waals surface area contributed by atoms with E-state index in [2.05, 4.69) is 13.8 Å². The Bertz CT molecular complexity index is 723. The van der Waals surface area contributed by atoms with Gasteiger partial charge in [0, 0.05) is 18.0 Å². The highest BCUT2D eigenvalue weighted by Gasteiger charge is 2.17. The SMILES string of the molecule is CCCCN(CCCC)c1c(F)cc(C=Cc2ccc(C=O)s2)cc1F. The molecule has 0 spiro atoms. The highest BCUT2D eigenvalue weighted by Crippen LogP contribution is 2.27. The van der Waals surface area contributed by atoms with Gasteiger partial charge in [-0.15, -0.1) is 11.3 Å². The molecule has 5 heteroatoms. The second-order valence-corrected chi connectivity index (χ2v) is 7.37. The number of halogens is 2. The molecule has 0 amide bonds. The first-order chi connectivity index (χ1) is 12.6. The third-order valence-electron chi connectivity index (χ3n) is 4.12. The normalized spacial score (nSPS) is 11.2. The number of unbranched alkanes of at least 4 members (excludes halogenated alkanes) is 2. The number of aldehydes is 1. The van der Waals surface area contributed by atoms with Crippen LogP contribution in [0.15, 0.2) is 24.3 Å². The summed E-state index contributed by atoms with van der Waals surface area (Å²) in [5.41, 5.74) is 0.541. The number of benzene rings is 1. The van der Waals surface area contributed by atoms with E-state index in [4.69, 9.17) is 0 Å². The molecule has 2 nitrogen and oxygen atoms in total. The maximum absolute atomic E-state index is 14.6. The van der Waals surface area contributed by atoms with E-state index in [1.165, 1.54) is 23.5 Å². The van der Waals surface area contributed by atoms with Crippen molar-refractivity contribution in [1.29, 1.82) is 0 Å². The quantitative estimate of drug-likeness (QED) is 0.446. The molecule has 0 aliphatic rings. The minimum absolute atomic E-state index is 0.0726. The van der Waals surface area contributed by atoms with Gasteiger partial charge in [0.1, 0.15) is 17.3 Å². The molecule has 0 aliphatic heterocycles. The van der Waals surface area contributed by atoms with Gasteiger partial charge >= 0.3 is 0 Å². The topological polar surface area (TPSA) is 20.3 Å². The first-order valence-electron chi connectivity index (χ1n) is 9.06. The van der Waals surface area contributed by atoms with Gasteiger partial charge in [-0.25, -0.2) is 8.78 Å². The van der Waals surface area contributed by atoms with Crippen molar-refractivity contribution in [2.24, 2.45) is 0 Å². The maximum atomic E-state index is 14.6. The van der Waals surface area contributed by atoms with E-state index < -0.39 is 11.6 Å². The Morgan fingerprint density at radius 2 is 1.54 bits per heavy atom. The Kier molecular flexibility index (Phi) is 7.98. The number of carbonyl (C=O) groups excluding carboxylic acids is 1. The van der Waals surface area contributed by atoms with Gasteiger partial charge in [-0.3, -0.25) is 4.79 Å². The average Bonchev–Trinajstić information content (AvgIpc) is 3.09. The van der Waals surface area contributed by atoms with E-state index >= 15 is 0 Å². The summed E-state index contributed by atoms with van der Waals surface area (Å²) in [5, 5.41) is 0. The van der Waals surface area contributed by atoms with Crippen LogP contribution < -0.4 is 4.90 Å². The molecule has 1 aromatic heterocycles. The second kappa shape index (κ2) is 10.2. The van der Waals surface area contributed by atoms with Crippen molar-refractivity contribution in [2.75, 3.05) is 18.0 Å². The van der Waals surface area contributed by atoms with Gasteiger partial charge in [0.2, 0.25) is 0 Å². The molecule has 0 bridgehead atoms.